The van der Waals surface area contributed by atoms with Crippen molar-refractivity contribution < 1.29 is 9.53 Å². The Kier molecular flexibility index (Phi) is 5.45. The van der Waals surface area contributed by atoms with Crippen LogP contribution in [0.25, 0.3) is 5.69 Å². The molecular weight excluding hydrogens is 322 g/mol. The maximum absolute atomic E-state index is 12.4. The third kappa shape index (κ3) is 3.93. The minimum atomic E-state index is 0.204. The van der Waals surface area contributed by atoms with Gasteiger partial charge in [-0.15, -0.1) is 0 Å². The van der Waals surface area contributed by atoms with Crippen molar-refractivity contribution in [2.75, 3.05) is 26.0 Å². The van der Waals surface area contributed by atoms with E-state index in [9.17, 15) is 4.79 Å². The zero-order valence-electron chi connectivity index (χ0n) is 14.1. The summed E-state index contributed by atoms with van der Waals surface area (Å²) in [6, 6.07) is 7.81. The topological polar surface area (TPSA) is 47.4 Å². The van der Waals surface area contributed by atoms with Crippen molar-refractivity contribution in [2.24, 2.45) is 5.92 Å². The van der Waals surface area contributed by atoms with Crippen LogP contribution in [0.3, 0.4) is 0 Å². The molecule has 1 fully saturated rings. The number of benzene rings is 1. The molecule has 0 unspecified atom stereocenters. The second-order valence-corrected chi connectivity index (χ2v) is 7.10. The Hall–Kier alpha value is -1.95. The highest BCUT2D eigenvalue weighted by Gasteiger charge is 2.21. The van der Waals surface area contributed by atoms with Crippen LogP contribution in [0.15, 0.2) is 41.8 Å². The number of likely N-dealkylation sites (tertiary alicyclic amines) is 1. The van der Waals surface area contributed by atoms with Gasteiger partial charge < -0.3 is 9.64 Å². The van der Waals surface area contributed by atoms with Gasteiger partial charge in [0.25, 0.3) is 0 Å². The van der Waals surface area contributed by atoms with E-state index in [4.69, 9.17) is 4.74 Å². The summed E-state index contributed by atoms with van der Waals surface area (Å²) in [7, 11) is 1.65. The minimum Gasteiger partial charge on any atom is -0.497 e. The molecule has 128 valence electrons. The molecule has 1 amide bonds. The van der Waals surface area contributed by atoms with Crippen LogP contribution in [0.1, 0.15) is 19.8 Å². The number of hydrogen-bond donors (Lipinski definition) is 0. The number of amides is 1. The first-order valence-corrected chi connectivity index (χ1v) is 9.24. The van der Waals surface area contributed by atoms with Crippen LogP contribution in [0.4, 0.5) is 0 Å². The van der Waals surface area contributed by atoms with Crippen LogP contribution in [-0.4, -0.2) is 46.3 Å². The Morgan fingerprint density at radius 1 is 1.38 bits per heavy atom. The van der Waals surface area contributed by atoms with E-state index >= 15 is 0 Å². The quantitative estimate of drug-likeness (QED) is 0.781. The normalized spacial score (nSPS) is 17.8. The van der Waals surface area contributed by atoms with Gasteiger partial charge in [0.05, 0.1) is 12.9 Å². The van der Waals surface area contributed by atoms with Gasteiger partial charge in [-0.05, 0) is 43.0 Å². The average Bonchev–Trinajstić information content (AvgIpc) is 3.08. The predicted molar refractivity (Wildman–Crippen MR) is 95.8 cm³/mol. The number of ether oxygens (including phenoxy) is 1. The van der Waals surface area contributed by atoms with Crippen LogP contribution < -0.4 is 4.74 Å². The third-order valence-electron chi connectivity index (χ3n) is 4.29. The van der Waals surface area contributed by atoms with Gasteiger partial charge in [-0.2, -0.15) is 0 Å². The number of aromatic nitrogens is 2. The first-order valence-electron chi connectivity index (χ1n) is 8.25. The van der Waals surface area contributed by atoms with Crippen LogP contribution in [0.5, 0.6) is 5.75 Å². The SMILES string of the molecule is COc1ccc(-n2ccnc2SCC(=O)N2CCC[C@@H](C)C2)cc1. The molecule has 0 radical (unpaired) electrons. The van der Waals surface area contributed by atoms with Crippen molar-refractivity contribution in [1.82, 2.24) is 14.5 Å². The molecule has 0 aliphatic carbocycles. The summed E-state index contributed by atoms with van der Waals surface area (Å²) in [6.45, 7) is 3.98. The Labute approximate surface area is 147 Å². The van der Waals surface area contributed by atoms with Gasteiger partial charge in [0.2, 0.25) is 5.91 Å². The van der Waals surface area contributed by atoms with E-state index in [2.05, 4.69) is 11.9 Å². The van der Waals surface area contributed by atoms with Gasteiger partial charge in [-0.3, -0.25) is 9.36 Å². The van der Waals surface area contributed by atoms with Crippen molar-refractivity contribution in [2.45, 2.75) is 24.9 Å². The van der Waals surface area contributed by atoms with Crippen molar-refractivity contribution >= 4 is 17.7 Å². The zero-order chi connectivity index (χ0) is 16.9. The molecule has 3 rings (SSSR count). The smallest absolute Gasteiger partial charge is 0.233 e. The third-order valence-corrected chi connectivity index (χ3v) is 5.24. The van der Waals surface area contributed by atoms with Crippen molar-refractivity contribution in [3.8, 4) is 11.4 Å². The summed E-state index contributed by atoms with van der Waals surface area (Å²) in [5.74, 6) is 2.06. The number of carbonyl (C=O) groups excluding carboxylic acids is 1. The number of thioether (sulfide) groups is 1. The summed E-state index contributed by atoms with van der Waals surface area (Å²) in [5.41, 5.74) is 1.01. The summed E-state index contributed by atoms with van der Waals surface area (Å²) >= 11 is 1.49. The Balaban J connectivity index is 1.64. The lowest BCUT2D eigenvalue weighted by Gasteiger charge is -2.30. The molecule has 2 heterocycles. The molecule has 24 heavy (non-hydrogen) atoms. The molecule has 1 atom stereocenters. The van der Waals surface area contributed by atoms with E-state index in [1.165, 1.54) is 18.2 Å². The number of imidazole rings is 1. The summed E-state index contributed by atoms with van der Waals surface area (Å²) in [5, 5.41) is 0.832. The molecule has 1 aromatic carbocycles. The van der Waals surface area contributed by atoms with Gasteiger partial charge in [-0.1, -0.05) is 18.7 Å². The molecule has 0 bridgehead atoms. The Morgan fingerprint density at radius 2 is 2.17 bits per heavy atom. The second kappa shape index (κ2) is 7.75. The van der Waals surface area contributed by atoms with Crippen molar-refractivity contribution in [3.05, 3.63) is 36.7 Å². The minimum absolute atomic E-state index is 0.204. The maximum Gasteiger partial charge on any atom is 0.233 e. The van der Waals surface area contributed by atoms with Crippen molar-refractivity contribution in [1.29, 1.82) is 0 Å². The average molecular weight is 345 g/mol. The summed E-state index contributed by atoms with van der Waals surface area (Å²) in [4.78, 5) is 18.8. The Morgan fingerprint density at radius 3 is 2.88 bits per heavy atom. The lowest BCUT2D eigenvalue weighted by molar-refractivity contribution is -0.130. The molecular formula is C18H23N3O2S. The van der Waals surface area contributed by atoms with Gasteiger partial charge in [0.15, 0.2) is 5.16 Å². The van der Waals surface area contributed by atoms with E-state index in [0.29, 0.717) is 11.7 Å². The molecule has 0 spiro atoms. The van der Waals surface area contributed by atoms with E-state index < -0.39 is 0 Å². The highest BCUT2D eigenvalue weighted by atomic mass is 32.2. The van der Waals surface area contributed by atoms with Crippen LogP contribution in [0.2, 0.25) is 0 Å². The van der Waals surface area contributed by atoms with Gasteiger partial charge >= 0.3 is 0 Å². The first-order chi connectivity index (χ1) is 11.7. The van der Waals surface area contributed by atoms with Gasteiger partial charge in [0.1, 0.15) is 5.75 Å². The molecule has 1 saturated heterocycles. The van der Waals surface area contributed by atoms with E-state index in [-0.39, 0.29) is 5.91 Å². The number of carbonyl (C=O) groups is 1. The molecule has 6 heteroatoms. The first kappa shape index (κ1) is 16.9. The molecule has 5 nitrogen and oxygen atoms in total. The number of methoxy groups -OCH3 is 1. The predicted octanol–water partition coefficient (Wildman–Crippen LogP) is 3.23. The number of rotatable bonds is 5. The fourth-order valence-electron chi connectivity index (χ4n) is 2.97. The van der Waals surface area contributed by atoms with Crippen LogP contribution in [-0.2, 0) is 4.79 Å². The molecule has 0 N–H and O–H groups in total. The Bertz CT molecular complexity index is 684. The fraction of sp³-hybridized carbons (Fsp3) is 0.444. The number of nitrogens with zero attached hydrogens (tertiary/aromatic N) is 3. The number of piperidine rings is 1. The lowest BCUT2D eigenvalue weighted by Crippen LogP contribution is -2.40. The highest BCUT2D eigenvalue weighted by molar-refractivity contribution is 7.99. The van der Waals surface area contributed by atoms with Gasteiger partial charge in [-0.25, -0.2) is 4.98 Å². The monoisotopic (exact) mass is 345 g/mol. The second-order valence-electron chi connectivity index (χ2n) is 6.15. The summed E-state index contributed by atoms with van der Waals surface area (Å²) < 4.78 is 7.19. The van der Waals surface area contributed by atoms with Crippen molar-refractivity contribution in [3.63, 3.8) is 0 Å². The van der Waals surface area contributed by atoms with Gasteiger partial charge in [0, 0.05) is 31.2 Å². The van der Waals surface area contributed by atoms with Crippen LogP contribution in [0, 0.1) is 5.92 Å². The van der Waals surface area contributed by atoms with E-state index in [1.807, 2.05) is 39.9 Å². The highest BCUT2D eigenvalue weighted by Crippen LogP contribution is 2.23. The molecule has 1 aliphatic rings. The molecule has 2 aromatic rings. The molecule has 1 aromatic heterocycles. The van der Waals surface area contributed by atoms with Crippen LogP contribution >= 0.6 is 11.8 Å². The summed E-state index contributed by atoms with van der Waals surface area (Å²) in [6.07, 6.45) is 6.01. The molecule has 0 saturated carbocycles. The largest absolute Gasteiger partial charge is 0.497 e. The standard InChI is InChI=1S/C18H23N3O2S/c1-14-4-3-10-20(12-14)17(22)13-24-18-19-9-11-21(18)15-5-7-16(23-2)8-6-15/h5-9,11,14H,3-4,10,12-13H2,1-2H3/t14-/m1/s1. The van der Waals surface area contributed by atoms with E-state index in [0.717, 1.165) is 36.1 Å². The zero-order valence-corrected chi connectivity index (χ0v) is 15.0. The maximum atomic E-state index is 12.4. The number of hydrogen-bond acceptors (Lipinski definition) is 4. The molecule has 1 aliphatic heterocycles. The lowest BCUT2D eigenvalue weighted by atomic mass is 10.0. The fourth-order valence-corrected chi connectivity index (χ4v) is 3.85. The van der Waals surface area contributed by atoms with E-state index in [1.54, 1.807) is 13.3 Å².